The molecule has 0 aromatic rings. The smallest absolute Gasteiger partial charge is 0.223 e. The monoisotopic (exact) mass is 269 g/mol. The predicted octanol–water partition coefficient (Wildman–Crippen LogP) is 1.60. The Kier molecular flexibility index (Phi) is 6.80. The highest BCUT2D eigenvalue weighted by Crippen LogP contribution is 2.23. The normalized spacial score (nSPS) is 25.6. The van der Waals surface area contributed by atoms with E-state index in [-0.39, 0.29) is 11.8 Å². The third-order valence-corrected chi connectivity index (χ3v) is 4.13. The summed E-state index contributed by atoms with van der Waals surface area (Å²) in [6.45, 7) is 5.20. The van der Waals surface area contributed by atoms with Crippen molar-refractivity contribution in [2.45, 2.75) is 58.0 Å². The van der Waals surface area contributed by atoms with Gasteiger partial charge in [-0.15, -0.1) is 0 Å². The standard InChI is InChI=1S/C15H31N3O/c1-11(2)9-14(18(3)4)10-17-15(19)12-5-7-13(16)8-6-12/h11-14H,5-10,16H2,1-4H3,(H,17,19). The molecular weight excluding hydrogens is 238 g/mol. The lowest BCUT2D eigenvalue weighted by atomic mass is 9.86. The van der Waals surface area contributed by atoms with E-state index in [2.05, 4.69) is 38.2 Å². The number of rotatable bonds is 6. The average Bonchev–Trinajstić information content (AvgIpc) is 2.34. The van der Waals surface area contributed by atoms with Crippen LogP contribution in [0, 0.1) is 11.8 Å². The number of nitrogens with two attached hydrogens (primary N) is 1. The van der Waals surface area contributed by atoms with Crippen LogP contribution in [0.2, 0.25) is 0 Å². The molecule has 1 aliphatic carbocycles. The van der Waals surface area contributed by atoms with Gasteiger partial charge in [-0.25, -0.2) is 0 Å². The molecule has 0 heterocycles. The van der Waals surface area contributed by atoms with Crippen LogP contribution in [-0.2, 0) is 4.79 Å². The summed E-state index contributed by atoms with van der Waals surface area (Å²) in [4.78, 5) is 14.4. The van der Waals surface area contributed by atoms with Crippen molar-refractivity contribution in [3.8, 4) is 0 Å². The molecule has 0 radical (unpaired) electrons. The van der Waals surface area contributed by atoms with Gasteiger partial charge in [-0.05, 0) is 52.1 Å². The minimum Gasteiger partial charge on any atom is -0.354 e. The van der Waals surface area contributed by atoms with Crippen molar-refractivity contribution in [1.82, 2.24) is 10.2 Å². The van der Waals surface area contributed by atoms with Gasteiger partial charge in [-0.3, -0.25) is 4.79 Å². The fraction of sp³-hybridized carbons (Fsp3) is 0.933. The maximum Gasteiger partial charge on any atom is 0.223 e. The lowest BCUT2D eigenvalue weighted by Crippen LogP contribution is -2.44. The van der Waals surface area contributed by atoms with Gasteiger partial charge in [0.05, 0.1) is 0 Å². The van der Waals surface area contributed by atoms with Crippen LogP contribution < -0.4 is 11.1 Å². The van der Waals surface area contributed by atoms with Crippen LogP contribution in [-0.4, -0.2) is 43.5 Å². The van der Waals surface area contributed by atoms with Gasteiger partial charge in [0.15, 0.2) is 0 Å². The molecule has 1 atom stereocenters. The molecule has 19 heavy (non-hydrogen) atoms. The van der Waals surface area contributed by atoms with Crippen molar-refractivity contribution in [3.63, 3.8) is 0 Å². The van der Waals surface area contributed by atoms with E-state index in [1.807, 2.05) is 0 Å². The van der Waals surface area contributed by atoms with E-state index in [9.17, 15) is 4.79 Å². The van der Waals surface area contributed by atoms with Crippen LogP contribution in [0.25, 0.3) is 0 Å². The zero-order valence-corrected chi connectivity index (χ0v) is 13.0. The number of amides is 1. The van der Waals surface area contributed by atoms with Crippen molar-refractivity contribution < 1.29 is 4.79 Å². The van der Waals surface area contributed by atoms with Crippen LogP contribution in [0.4, 0.5) is 0 Å². The second-order valence-electron chi connectivity index (χ2n) is 6.60. The molecule has 0 spiro atoms. The van der Waals surface area contributed by atoms with Crippen LogP contribution in [0.15, 0.2) is 0 Å². The Hall–Kier alpha value is -0.610. The zero-order valence-electron chi connectivity index (χ0n) is 13.0. The number of likely N-dealkylation sites (N-methyl/N-ethyl adjacent to an activating group) is 1. The average molecular weight is 269 g/mol. The number of carbonyl (C=O) groups excluding carboxylic acids is 1. The molecule has 1 fully saturated rings. The Bertz CT molecular complexity index is 271. The van der Waals surface area contributed by atoms with E-state index in [0.717, 1.165) is 38.6 Å². The van der Waals surface area contributed by atoms with E-state index >= 15 is 0 Å². The van der Waals surface area contributed by atoms with E-state index in [4.69, 9.17) is 5.73 Å². The lowest BCUT2D eigenvalue weighted by Gasteiger charge is -2.29. The van der Waals surface area contributed by atoms with Gasteiger partial charge >= 0.3 is 0 Å². The van der Waals surface area contributed by atoms with Crippen LogP contribution in [0.5, 0.6) is 0 Å². The molecule has 0 bridgehead atoms. The maximum absolute atomic E-state index is 12.1. The number of hydrogen-bond acceptors (Lipinski definition) is 3. The first kappa shape index (κ1) is 16.4. The maximum atomic E-state index is 12.1. The van der Waals surface area contributed by atoms with E-state index in [1.165, 1.54) is 0 Å². The molecule has 3 N–H and O–H groups in total. The predicted molar refractivity (Wildman–Crippen MR) is 79.9 cm³/mol. The first-order chi connectivity index (χ1) is 8.90. The molecular formula is C15H31N3O. The topological polar surface area (TPSA) is 58.4 Å². The first-order valence-corrected chi connectivity index (χ1v) is 7.59. The van der Waals surface area contributed by atoms with Gasteiger partial charge < -0.3 is 16.0 Å². The fourth-order valence-corrected chi connectivity index (χ4v) is 2.77. The van der Waals surface area contributed by atoms with Gasteiger partial charge in [0.2, 0.25) is 5.91 Å². The molecule has 112 valence electrons. The SMILES string of the molecule is CC(C)CC(CNC(=O)C1CCC(N)CC1)N(C)C. The quantitative estimate of drug-likeness (QED) is 0.770. The van der Waals surface area contributed by atoms with Crippen molar-refractivity contribution >= 4 is 5.91 Å². The summed E-state index contributed by atoms with van der Waals surface area (Å²) >= 11 is 0. The Balaban J connectivity index is 2.35. The number of nitrogens with one attached hydrogen (secondary N) is 1. The molecule has 4 heteroatoms. The molecule has 0 aromatic carbocycles. The summed E-state index contributed by atoms with van der Waals surface area (Å²) in [5.74, 6) is 1.06. The number of nitrogens with zero attached hydrogens (tertiary/aromatic N) is 1. The summed E-state index contributed by atoms with van der Waals surface area (Å²) in [5, 5.41) is 3.13. The molecule has 0 aromatic heterocycles. The van der Waals surface area contributed by atoms with Gasteiger partial charge in [-0.2, -0.15) is 0 Å². The summed E-state index contributed by atoms with van der Waals surface area (Å²) in [7, 11) is 4.16. The fourth-order valence-electron chi connectivity index (χ4n) is 2.77. The molecule has 1 saturated carbocycles. The van der Waals surface area contributed by atoms with Crippen LogP contribution >= 0.6 is 0 Å². The van der Waals surface area contributed by atoms with E-state index < -0.39 is 0 Å². The lowest BCUT2D eigenvalue weighted by molar-refractivity contribution is -0.126. The third kappa shape index (κ3) is 5.91. The number of hydrogen-bond donors (Lipinski definition) is 2. The van der Waals surface area contributed by atoms with Crippen molar-refractivity contribution in [1.29, 1.82) is 0 Å². The second-order valence-corrected chi connectivity index (χ2v) is 6.60. The summed E-state index contributed by atoms with van der Waals surface area (Å²) in [6.07, 6.45) is 4.98. The summed E-state index contributed by atoms with van der Waals surface area (Å²) < 4.78 is 0. The highest BCUT2D eigenvalue weighted by Gasteiger charge is 2.25. The first-order valence-electron chi connectivity index (χ1n) is 7.59. The molecule has 0 aliphatic heterocycles. The van der Waals surface area contributed by atoms with Gasteiger partial charge in [0.1, 0.15) is 0 Å². The molecule has 1 unspecified atom stereocenters. The molecule has 0 saturated heterocycles. The summed E-state index contributed by atoms with van der Waals surface area (Å²) in [6, 6.07) is 0.731. The summed E-state index contributed by atoms with van der Waals surface area (Å²) in [5.41, 5.74) is 5.88. The van der Waals surface area contributed by atoms with Crippen LogP contribution in [0.1, 0.15) is 46.0 Å². The molecule has 1 aliphatic rings. The van der Waals surface area contributed by atoms with E-state index in [0.29, 0.717) is 18.0 Å². The Labute approximate surface area is 118 Å². The molecule has 4 nitrogen and oxygen atoms in total. The highest BCUT2D eigenvalue weighted by atomic mass is 16.1. The largest absolute Gasteiger partial charge is 0.354 e. The minimum atomic E-state index is 0.182. The van der Waals surface area contributed by atoms with Gasteiger partial charge in [0.25, 0.3) is 0 Å². The second kappa shape index (κ2) is 7.85. The number of carbonyl (C=O) groups is 1. The van der Waals surface area contributed by atoms with Crippen LogP contribution in [0.3, 0.4) is 0 Å². The van der Waals surface area contributed by atoms with Crippen molar-refractivity contribution in [3.05, 3.63) is 0 Å². The zero-order chi connectivity index (χ0) is 14.4. The van der Waals surface area contributed by atoms with Gasteiger partial charge in [-0.1, -0.05) is 13.8 Å². The van der Waals surface area contributed by atoms with E-state index in [1.54, 1.807) is 0 Å². The third-order valence-electron chi connectivity index (χ3n) is 4.13. The minimum absolute atomic E-state index is 0.182. The highest BCUT2D eigenvalue weighted by molar-refractivity contribution is 5.78. The Morgan fingerprint density at radius 2 is 1.84 bits per heavy atom. The molecule has 1 rings (SSSR count). The van der Waals surface area contributed by atoms with Crippen molar-refractivity contribution in [2.75, 3.05) is 20.6 Å². The van der Waals surface area contributed by atoms with Crippen molar-refractivity contribution in [2.24, 2.45) is 17.6 Å². The Morgan fingerprint density at radius 1 is 1.26 bits per heavy atom. The Morgan fingerprint density at radius 3 is 2.32 bits per heavy atom. The molecule has 1 amide bonds. The van der Waals surface area contributed by atoms with Gasteiger partial charge in [0, 0.05) is 24.5 Å².